The lowest BCUT2D eigenvalue weighted by atomic mass is 9.95. The third-order valence-corrected chi connectivity index (χ3v) is 10.3. The van der Waals surface area contributed by atoms with Crippen molar-refractivity contribution < 1.29 is 19.4 Å². The average Bonchev–Trinajstić information content (AvgIpc) is 3.62. The summed E-state index contributed by atoms with van der Waals surface area (Å²) in [5.41, 5.74) is 5.09. The molecule has 1 aromatic heterocycles. The fraction of sp³-hybridized carbons (Fsp3) is 0.143. The minimum atomic E-state index is -0.908. The van der Waals surface area contributed by atoms with E-state index < -0.39 is 17.7 Å². The van der Waals surface area contributed by atoms with Crippen molar-refractivity contribution in [3.05, 3.63) is 140 Å². The zero-order valence-electron chi connectivity index (χ0n) is 24.7. The lowest BCUT2D eigenvalue weighted by Gasteiger charge is -2.22. The number of nitrogens with zero attached hydrogens (tertiary/aromatic N) is 3. The Morgan fingerprint density at radius 1 is 0.935 bits per heavy atom. The van der Waals surface area contributed by atoms with Crippen molar-refractivity contribution in [1.82, 2.24) is 10.2 Å². The normalized spacial score (nSPS) is 15.8. The number of ether oxygens (including phenoxy) is 1. The summed E-state index contributed by atoms with van der Waals surface area (Å²) < 4.78 is 6.54. The van der Waals surface area contributed by atoms with Gasteiger partial charge in [0, 0.05) is 21.4 Å². The summed E-state index contributed by atoms with van der Waals surface area (Å²) in [6.45, 7) is 4.37. The van der Waals surface area contributed by atoms with Crippen molar-refractivity contribution in [1.29, 1.82) is 0 Å². The van der Waals surface area contributed by atoms with E-state index in [1.54, 1.807) is 36.4 Å². The Morgan fingerprint density at radius 3 is 2.39 bits per heavy atom. The van der Waals surface area contributed by atoms with E-state index in [0.717, 1.165) is 22.3 Å². The van der Waals surface area contributed by atoms with Crippen molar-refractivity contribution in [3.8, 4) is 5.75 Å². The van der Waals surface area contributed by atoms with Crippen LogP contribution in [0.5, 0.6) is 5.75 Å². The second kappa shape index (κ2) is 13.7. The van der Waals surface area contributed by atoms with E-state index in [-0.39, 0.29) is 16.5 Å². The number of ketones is 1. The molecule has 46 heavy (non-hydrogen) atoms. The second-order valence-corrected chi connectivity index (χ2v) is 13.7. The second-order valence-electron chi connectivity index (χ2n) is 10.7. The number of aliphatic hydroxyl groups excluding tert-OH is 1. The van der Waals surface area contributed by atoms with Gasteiger partial charge in [-0.25, -0.2) is 0 Å². The van der Waals surface area contributed by atoms with E-state index in [0.29, 0.717) is 43.6 Å². The van der Waals surface area contributed by atoms with Gasteiger partial charge in [-0.15, -0.1) is 10.2 Å². The molecule has 1 N–H and O–H groups in total. The van der Waals surface area contributed by atoms with Crippen molar-refractivity contribution >= 4 is 68.9 Å². The Kier molecular flexibility index (Phi) is 9.47. The average molecular weight is 689 g/mol. The maximum Gasteiger partial charge on any atom is 0.301 e. The summed E-state index contributed by atoms with van der Waals surface area (Å²) in [6.07, 6.45) is 0. The van der Waals surface area contributed by atoms with Crippen LogP contribution in [0.15, 0.2) is 101 Å². The largest absolute Gasteiger partial charge is 0.507 e. The number of aromatic nitrogens is 2. The highest BCUT2D eigenvalue weighted by molar-refractivity contribution is 8.00. The van der Waals surface area contributed by atoms with E-state index in [9.17, 15) is 14.7 Å². The van der Waals surface area contributed by atoms with Gasteiger partial charge in [-0.1, -0.05) is 106 Å². The van der Waals surface area contributed by atoms with Crippen LogP contribution < -0.4 is 9.64 Å². The molecule has 5 aromatic rings. The van der Waals surface area contributed by atoms with Gasteiger partial charge in [-0.05, 0) is 72.5 Å². The quantitative estimate of drug-likeness (QED) is 0.0544. The van der Waals surface area contributed by atoms with Crippen LogP contribution in [0.2, 0.25) is 10.0 Å². The number of thioether (sulfide) groups is 1. The predicted octanol–water partition coefficient (Wildman–Crippen LogP) is 8.96. The SMILES string of the molecule is Cc1ccc(C2C(=C(O)c3ccc(OCc4ccccc4C)cc3)C(=O)C(=O)N2c2nnc(SCc3ccc(Cl)cc3Cl)s2)cc1. The summed E-state index contributed by atoms with van der Waals surface area (Å²) in [5.74, 6) is -0.767. The van der Waals surface area contributed by atoms with Crippen LogP contribution >= 0.6 is 46.3 Å². The smallest absolute Gasteiger partial charge is 0.301 e. The number of benzene rings is 4. The third kappa shape index (κ3) is 6.69. The van der Waals surface area contributed by atoms with Crippen LogP contribution in [0.4, 0.5) is 5.13 Å². The molecule has 1 unspecified atom stereocenters. The van der Waals surface area contributed by atoms with Crippen LogP contribution in [0.1, 0.15) is 39.4 Å². The van der Waals surface area contributed by atoms with Gasteiger partial charge in [0.05, 0.1) is 11.6 Å². The van der Waals surface area contributed by atoms with Gasteiger partial charge < -0.3 is 9.84 Å². The first-order valence-corrected chi connectivity index (χ1v) is 16.8. The highest BCUT2D eigenvalue weighted by Gasteiger charge is 2.48. The first-order valence-electron chi connectivity index (χ1n) is 14.2. The van der Waals surface area contributed by atoms with Gasteiger partial charge in [0.1, 0.15) is 18.1 Å². The van der Waals surface area contributed by atoms with E-state index in [1.807, 2.05) is 68.4 Å². The Labute approximate surface area is 284 Å². The molecular formula is C35H27Cl2N3O4S2. The Bertz CT molecular complexity index is 1960. The third-order valence-electron chi connectivity index (χ3n) is 7.59. The first kappa shape index (κ1) is 31.8. The molecule has 1 atom stereocenters. The molecule has 1 fully saturated rings. The van der Waals surface area contributed by atoms with Gasteiger partial charge >= 0.3 is 5.91 Å². The number of anilines is 1. The maximum atomic E-state index is 13.6. The number of carbonyl (C=O) groups excluding carboxylic acids is 2. The number of rotatable bonds is 9. The number of halogens is 2. The fourth-order valence-electron chi connectivity index (χ4n) is 5.03. The molecular weight excluding hydrogens is 661 g/mol. The molecule has 6 rings (SSSR count). The molecule has 1 aliphatic heterocycles. The molecule has 2 heterocycles. The Hall–Kier alpha value is -4.15. The van der Waals surface area contributed by atoms with E-state index in [4.69, 9.17) is 27.9 Å². The predicted molar refractivity (Wildman–Crippen MR) is 184 cm³/mol. The lowest BCUT2D eigenvalue weighted by Crippen LogP contribution is -2.29. The molecule has 1 saturated heterocycles. The first-order chi connectivity index (χ1) is 22.2. The van der Waals surface area contributed by atoms with Gasteiger partial charge in [-0.3, -0.25) is 14.5 Å². The zero-order valence-corrected chi connectivity index (χ0v) is 27.9. The van der Waals surface area contributed by atoms with Gasteiger partial charge in [0.25, 0.3) is 5.78 Å². The molecule has 0 spiro atoms. The van der Waals surface area contributed by atoms with Crippen LogP contribution in [0.3, 0.4) is 0 Å². The molecule has 11 heteroatoms. The molecule has 7 nitrogen and oxygen atoms in total. The van der Waals surface area contributed by atoms with Gasteiger partial charge in [-0.2, -0.15) is 0 Å². The number of amides is 1. The summed E-state index contributed by atoms with van der Waals surface area (Å²) in [4.78, 5) is 28.5. The molecule has 0 radical (unpaired) electrons. The molecule has 1 aliphatic rings. The number of Topliss-reactive ketones (excluding diaryl/α,β-unsaturated/α-hetero) is 1. The van der Waals surface area contributed by atoms with E-state index in [1.165, 1.54) is 28.0 Å². The standard InChI is InChI=1S/C35H27Cl2N3O4S2/c1-20-7-9-22(10-8-20)30-29(31(41)23-12-15-27(16-13-23)44-18-24-6-4-3-5-21(24)2)32(42)33(43)40(30)34-38-39-35(46-34)45-19-25-11-14-26(36)17-28(25)37/h3-17,30,41H,18-19H2,1-2H3. The highest BCUT2D eigenvalue weighted by Crippen LogP contribution is 2.44. The van der Waals surface area contributed by atoms with Crippen LogP contribution in [-0.2, 0) is 21.9 Å². The van der Waals surface area contributed by atoms with Crippen molar-refractivity contribution in [2.75, 3.05) is 4.90 Å². The zero-order chi connectivity index (χ0) is 32.4. The van der Waals surface area contributed by atoms with Crippen LogP contribution in [0.25, 0.3) is 5.76 Å². The topological polar surface area (TPSA) is 92.6 Å². The molecule has 0 bridgehead atoms. The lowest BCUT2D eigenvalue weighted by molar-refractivity contribution is -0.132. The van der Waals surface area contributed by atoms with Gasteiger partial charge in [0.15, 0.2) is 4.34 Å². The molecule has 1 amide bonds. The number of aliphatic hydroxyl groups is 1. The maximum absolute atomic E-state index is 13.6. The summed E-state index contributed by atoms with van der Waals surface area (Å²) in [7, 11) is 0. The molecule has 0 aliphatic carbocycles. The summed E-state index contributed by atoms with van der Waals surface area (Å²) in [5, 5.41) is 21.4. The van der Waals surface area contributed by atoms with Crippen molar-refractivity contribution in [3.63, 3.8) is 0 Å². The Balaban J connectivity index is 1.29. The molecule has 4 aromatic carbocycles. The number of hydrogen-bond donors (Lipinski definition) is 1. The summed E-state index contributed by atoms with van der Waals surface area (Å²) in [6, 6.07) is 26.6. The van der Waals surface area contributed by atoms with Gasteiger partial charge in [0.2, 0.25) is 5.13 Å². The minimum Gasteiger partial charge on any atom is -0.507 e. The van der Waals surface area contributed by atoms with E-state index >= 15 is 0 Å². The number of carbonyl (C=O) groups is 2. The van der Waals surface area contributed by atoms with E-state index in [2.05, 4.69) is 10.2 Å². The highest BCUT2D eigenvalue weighted by atomic mass is 35.5. The summed E-state index contributed by atoms with van der Waals surface area (Å²) >= 11 is 14.9. The van der Waals surface area contributed by atoms with Crippen molar-refractivity contribution in [2.45, 2.75) is 36.6 Å². The minimum absolute atomic E-state index is 0.0280. The fourth-order valence-corrected chi connectivity index (χ4v) is 7.45. The molecule has 232 valence electrons. The van der Waals surface area contributed by atoms with Crippen molar-refractivity contribution in [2.24, 2.45) is 0 Å². The molecule has 0 saturated carbocycles. The number of aryl methyl sites for hydroxylation is 2. The van der Waals surface area contributed by atoms with Crippen LogP contribution in [-0.4, -0.2) is 27.0 Å². The van der Waals surface area contributed by atoms with Crippen LogP contribution in [0, 0.1) is 13.8 Å². The monoisotopic (exact) mass is 687 g/mol. The number of hydrogen-bond acceptors (Lipinski definition) is 8. The Morgan fingerprint density at radius 2 is 1.67 bits per heavy atom.